The van der Waals surface area contributed by atoms with E-state index in [0.717, 1.165) is 11.3 Å². The molecule has 2 rings (SSSR count). The van der Waals surface area contributed by atoms with E-state index in [0.29, 0.717) is 5.41 Å². The number of thiophene rings is 1. The molecule has 0 aromatic carbocycles. The SMILES string of the molecule is CCC1(CC)CCc2c(C(C)=O)sc(SC)c2C1. The molecule has 0 fully saturated rings. The predicted molar refractivity (Wildman–Crippen MR) is 81.1 cm³/mol. The number of hydrogen-bond donors (Lipinski definition) is 0. The minimum atomic E-state index is 0.247. The zero-order chi connectivity index (χ0) is 13.3. The van der Waals surface area contributed by atoms with Crippen LogP contribution in [0.15, 0.2) is 4.21 Å². The van der Waals surface area contributed by atoms with Crippen molar-refractivity contribution in [3.63, 3.8) is 0 Å². The van der Waals surface area contributed by atoms with Gasteiger partial charge in [0.25, 0.3) is 0 Å². The molecule has 100 valence electrons. The number of ketones is 1. The van der Waals surface area contributed by atoms with Gasteiger partial charge >= 0.3 is 0 Å². The molecule has 0 saturated heterocycles. The van der Waals surface area contributed by atoms with Crippen molar-refractivity contribution in [2.45, 2.75) is 57.1 Å². The highest BCUT2D eigenvalue weighted by atomic mass is 32.2. The van der Waals surface area contributed by atoms with Gasteiger partial charge in [0, 0.05) is 0 Å². The average molecular weight is 282 g/mol. The minimum absolute atomic E-state index is 0.247. The van der Waals surface area contributed by atoms with Gasteiger partial charge in [0.15, 0.2) is 5.78 Å². The third-order valence-electron chi connectivity index (χ3n) is 4.54. The zero-order valence-electron chi connectivity index (χ0n) is 11.8. The summed E-state index contributed by atoms with van der Waals surface area (Å²) >= 11 is 3.53. The van der Waals surface area contributed by atoms with Crippen LogP contribution < -0.4 is 0 Å². The molecule has 0 bridgehead atoms. The van der Waals surface area contributed by atoms with Crippen LogP contribution >= 0.6 is 23.1 Å². The van der Waals surface area contributed by atoms with Crippen LogP contribution in [0.2, 0.25) is 0 Å². The van der Waals surface area contributed by atoms with Crippen LogP contribution in [0, 0.1) is 5.41 Å². The maximum atomic E-state index is 11.7. The highest BCUT2D eigenvalue weighted by Crippen LogP contribution is 2.47. The summed E-state index contributed by atoms with van der Waals surface area (Å²) in [7, 11) is 0. The third-order valence-corrected chi connectivity index (χ3v) is 7.08. The molecule has 0 radical (unpaired) electrons. The van der Waals surface area contributed by atoms with Gasteiger partial charge < -0.3 is 0 Å². The van der Waals surface area contributed by atoms with E-state index in [1.54, 1.807) is 18.3 Å². The molecule has 1 heterocycles. The van der Waals surface area contributed by atoms with E-state index >= 15 is 0 Å². The molecule has 0 saturated carbocycles. The maximum absolute atomic E-state index is 11.7. The standard InChI is InChI=1S/C15H22OS2/c1-5-15(6-2)8-7-11-12(9-15)14(17-4)18-13(11)10(3)16/h5-9H2,1-4H3. The van der Waals surface area contributed by atoms with Gasteiger partial charge in [-0.1, -0.05) is 26.7 Å². The fraction of sp³-hybridized carbons (Fsp3) is 0.667. The van der Waals surface area contributed by atoms with Crippen molar-refractivity contribution in [3.8, 4) is 0 Å². The van der Waals surface area contributed by atoms with Crippen LogP contribution in [0.5, 0.6) is 0 Å². The van der Waals surface area contributed by atoms with E-state index in [-0.39, 0.29) is 5.78 Å². The van der Waals surface area contributed by atoms with Gasteiger partial charge in [-0.05, 0) is 49.0 Å². The van der Waals surface area contributed by atoms with E-state index in [1.807, 2.05) is 11.8 Å². The Bertz CT molecular complexity index is 455. The topological polar surface area (TPSA) is 17.1 Å². The van der Waals surface area contributed by atoms with Crippen molar-refractivity contribution in [2.75, 3.05) is 6.26 Å². The summed E-state index contributed by atoms with van der Waals surface area (Å²) in [5, 5.41) is 0. The normalized spacial score (nSPS) is 17.6. The molecular weight excluding hydrogens is 260 g/mol. The first-order chi connectivity index (χ1) is 8.56. The lowest BCUT2D eigenvalue weighted by Gasteiger charge is -2.36. The van der Waals surface area contributed by atoms with Gasteiger partial charge in [-0.2, -0.15) is 0 Å². The third kappa shape index (κ3) is 2.27. The molecule has 1 aliphatic rings. The molecule has 18 heavy (non-hydrogen) atoms. The van der Waals surface area contributed by atoms with E-state index in [9.17, 15) is 4.79 Å². The summed E-state index contributed by atoms with van der Waals surface area (Å²) in [6.07, 6.45) is 8.16. The predicted octanol–water partition coefficient (Wildman–Crippen LogP) is 4.97. The first-order valence-electron chi connectivity index (χ1n) is 6.76. The second kappa shape index (κ2) is 5.38. The highest BCUT2D eigenvalue weighted by Gasteiger charge is 2.35. The monoisotopic (exact) mass is 282 g/mol. The highest BCUT2D eigenvalue weighted by molar-refractivity contribution is 8.00. The minimum Gasteiger partial charge on any atom is -0.294 e. The zero-order valence-corrected chi connectivity index (χ0v) is 13.4. The van der Waals surface area contributed by atoms with Crippen LogP contribution in [0.1, 0.15) is 60.8 Å². The summed E-state index contributed by atoms with van der Waals surface area (Å²) < 4.78 is 1.38. The molecule has 0 aliphatic heterocycles. The molecule has 1 aliphatic carbocycles. The molecule has 3 heteroatoms. The Morgan fingerprint density at radius 2 is 2.00 bits per heavy atom. The Morgan fingerprint density at radius 3 is 2.50 bits per heavy atom. The lowest BCUT2D eigenvalue weighted by atomic mass is 9.69. The first-order valence-corrected chi connectivity index (χ1v) is 8.80. The number of fused-ring (bicyclic) bond motifs is 1. The van der Waals surface area contributed by atoms with E-state index in [1.165, 1.54) is 41.0 Å². The van der Waals surface area contributed by atoms with Crippen molar-refractivity contribution in [1.29, 1.82) is 0 Å². The second-order valence-electron chi connectivity index (χ2n) is 5.32. The molecule has 0 spiro atoms. The summed E-state index contributed by atoms with van der Waals surface area (Å²) in [6, 6.07) is 0. The van der Waals surface area contributed by atoms with Crippen LogP contribution in [-0.4, -0.2) is 12.0 Å². The van der Waals surface area contributed by atoms with Gasteiger partial charge in [-0.25, -0.2) is 0 Å². The Labute approximate surface area is 118 Å². The van der Waals surface area contributed by atoms with Gasteiger partial charge in [0.1, 0.15) is 0 Å². The van der Waals surface area contributed by atoms with Crippen LogP contribution in [0.3, 0.4) is 0 Å². The lowest BCUT2D eigenvalue weighted by Crippen LogP contribution is -2.27. The molecular formula is C15H22OS2. The number of hydrogen-bond acceptors (Lipinski definition) is 3. The van der Waals surface area contributed by atoms with Gasteiger partial charge in [-0.15, -0.1) is 23.1 Å². The smallest absolute Gasteiger partial charge is 0.170 e. The molecule has 1 nitrogen and oxygen atoms in total. The molecule has 1 aromatic heterocycles. The molecule has 0 amide bonds. The van der Waals surface area contributed by atoms with Gasteiger partial charge in [0.05, 0.1) is 9.09 Å². The number of Topliss-reactive ketones (excluding diaryl/α,β-unsaturated/α-hetero) is 1. The second-order valence-corrected chi connectivity index (χ2v) is 7.42. The Morgan fingerprint density at radius 1 is 1.33 bits per heavy atom. The summed E-state index contributed by atoms with van der Waals surface area (Å²) in [5.41, 5.74) is 3.34. The quantitative estimate of drug-likeness (QED) is 0.573. The van der Waals surface area contributed by atoms with Crippen LogP contribution in [-0.2, 0) is 12.8 Å². The largest absolute Gasteiger partial charge is 0.294 e. The Kier molecular flexibility index (Phi) is 4.22. The van der Waals surface area contributed by atoms with Gasteiger partial charge in [-0.3, -0.25) is 4.79 Å². The molecule has 1 aromatic rings. The lowest BCUT2D eigenvalue weighted by molar-refractivity contribution is 0.101. The van der Waals surface area contributed by atoms with Crippen molar-refractivity contribution in [3.05, 3.63) is 16.0 Å². The summed E-state index contributed by atoms with van der Waals surface area (Å²) in [5.74, 6) is 0.247. The van der Waals surface area contributed by atoms with E-state index in [2.05, 4.69) is 20.1 Å². The number of carbonyl (C=O) groups is 1. The van der Waals surface area contributed by atoms with Gasteiger partial charge in [0.2, 0.25) is 0 Å². The van der Waals surface area contributed by atoms with Crippen LogP contribution in [0.4, 0.5) is 0 Å². The summed E-state index contributed by atoms with van der Waals surface area (Å²) in [4.78, 5) is 12.8. The number of carbonyl (C=O) groups excluding carboxylic acids is 1. The van der Waals surface area contributed by atoms with Crippen molar-refractivity contribution >= 4 is 28.9 Å². The number of thioether (sulfide) groups is 1. The molecule has 0 unspecified atom stereocenters. The van der Waals surface area contributed by atoms with Crippen molar-refractivity contribution in [2.24, 2.45) is 5.41 Å². The van der Waals surface area contributed by atoms with Crippen molar-refractivity contribution < 1.29 is 4.79 Å². The van der Waals surface area contributed by atoms with E-state index < -0.39 is 0 Å². The maximum Gasteiger partial charge on any atom is 0.170 e. The fourth-order valence-corrected chi connectivity index (χ4v) is 5.10. The first kappa shape index (κ1) is 14.1. The average Bonchev–Trinajstić information content (AvgIpc) is 2.76. The molecule has 0 atom stereocenters. The Hall–Kier alpha value is -0.280. The van der Waals surface area contributed by atoms with E-state index in [4.69, 9.17) is 0 Å². The van der Waals surface area contributed by atoms with Crippen LogP contribution in [0.25, 0.3) is 0 Å². The Balaban J connectivity index is 2.46. The fourth-order valence-electron chi connectivity index (χ4n) is 3.08. The molecule has 0 N–H and O–H groups in total. The number of rotatable bonds is 4. The van der Waals surface area contributed by atoms with Crippen molar-refractivity contribution in [1.82, 2.24) is 0 Å². The summed E-state index contributed by atoms with van der Waals surface area (Å²) in [6.45, 7) is 6.33.